The second kappa shape index (κ2) is 11.9. The fraction of sp³-hybridized carbons (Fsp3) is 0.296. The van der Waals surface area contributed by atoms with E-state index >= 15 is 0 Å². The molecular weight excluding hydrogens is 412 g/mol. The van der Waals surface area contributed by atoms with Crippen LogP contribution in [0.1, 0.15) is 38.4 Å². The number of nitrogens with one attached hydrogen (secondary N) is 1. The van der Waals surface area contributed by atoms with E-state index in [4.69, 9.17) is 5.73 Å². The molecule has 0 spiro atoms. The quantitative estimate of drug-likeness (QED) is 0.255. The van der Waals surface area contributed by atoms with Gasteiger partial charge in [0, 0.05) is 35.8 Å². The summed E-state index contributed by atoms with van der Waals surface area (Å²) in [4.78, 5) is 33.4. The minimum atomic E-state index is -0.260. The van der Waals surface area contributed by atoms with Crippen molar-refractivity contribution >= 4 is 34.4 Å². The van der Waals surface area contributed by atoms with Gasteiger partial charge in [0.25, 0.3) is 0 Å². The molecule has 0 saturated carbocycles. The van der Waals surface area contributed by atoms with Crippen molar-refractivity contribution in [3.8, 4) is 0 Å². The number of rotatable bonds is 9. The van der Waals surface area contributed by atoms with E-state index in [1.165, 1.54) is 0 Å². The molecule has 174 valence electrons. The highest BCUT2D eigenvalue weighted by atomic mass is 16.1. The topological polar surface area (TPSA) is 91.5 Å². The maximum Gasteiger partial charge on any atom is 0.234 e. The number of aromatic nitrogens is 1. The molecule has 2 heterocycles. The highest BCUT2D eigenvalue weighted by Crippen LogP contribution is 2.25. The number of H-pyrrole nitrogens is 1. The number of aliphatic imine (C=N–C) groups is 1. The number of hydrogen-bond donors (Lipinski definition) is 2. The fourth-order valence-electron chi connectivity index (χ4n) is 4.14. The molecule has 0 bridgehead atoms. The van der Waals surface area contributed by atoms with E-state index in [1.807, 2.05) is 43.4 Å². The van der Waals surface area contributed by atoms with Crippen molar-refractivity contribution in [2.45, 2.75) is 39.8 Å². The van der Waals surface area contributed by atoms with Crippen LogP contribution in [-0.4, -0.2) is 47.4 Å². The molecule has 1 aromatic heterocycles. The Morgan fingerprint density at radius 3 is 2.79 bits per heavy atom. The summed E-state index contributed by atoms with van der Waals surface area (Å²) in [6.45, 7) is 7.22. The van der Waals surface area contributed by atoms with Gasteiger partial charge >= 0.3 is 0 Å². The molecule has 3 N–H and O–H groups in total. The Hall–Kier alpha value is -3.51. The average Bonchev–Trinajstić information content (AvgIpc) is 3.41. The lowest BCUT2D eigenvalue weighted by atomic mass is 10.0. The van der Waals surface area contributed by atoms with Crippen LogP contribution in [0.25, 0.3) is 16.5 Å². The zero-order valence-electron chi connectivity index (χ0n) is 18.7. The summed E-state index contributed by atoms with van der Waals surface area (Å²) in [6, 6.07) is 7.90. The van der Waals surface area contributed by atoms with Crippen molar-refractivity contribution < 1.29 is 9.59 Å². The van der Waals surface area contributed by atoms with Crippen LogP contribution in [0.3, 0.4) is 0 Å². The normalized spacial score (nSPS) is 18.0. The first-order valence-electron chi connectivity index (χ1n) is 10.8. The molecule has 0 radical (unpaired) electrons. The maximum absolute atomic E-state index is 11.9. The Balaban J connectivity index is 0.00000385. The van der Waals surface area contributed by atoms with E-state index in [0.717, 1.165) is 53.4 Å². The second-order valence-corrected chi connectivity index (χ2v) is 7.82. The van der Waals surface area contributed by atoms with Crippen LogP contribution in [0, 0.1) is 0 Å². The van der Waals surface area contributed by atoms with Gasteiger partial charge in [-0.15, -0.1) is 0 Å². The first-order valence-corrected chi connectivity index (χ1v) is 10.8. The summed E-state index contributed by atoms with van der Waals surface area (Å²) in [5.74, 6) is -0.260. The van der Waals surface area contributed by atoms with E-state index < -0.39 is 0 Å². The molecule has 1 aromatic carbocycles. The molecule has 1 aliphatic heterocycles. The van der Waals surface area contributed by atoms with Gasteiger partial charge in [-0.05, 0) is 61.7 Å². The molecule has 1 saturated heterocycles. The number of aromatic amines is 1. The van der Waals surface area contributed by atoms with Crippen molar-refractivity contribution in [1.82, 2.24) is 9.88 Å². The van der Waals surface area contributed by atoms with Gasteiger partial charge in [-0.2, -0.15) is 0 Å². The number of carbonyl (C=O) groups is 2. The van der Waals surface area contributed by atoms with Crippen molar-refractivity contribution in [1.29, 1.82) is 0 Å². The summed E-state index contributed by atoms with van der Waals surface area (Å²) in [6.07, 6.45) is 11.8. The summed E-state index contributed by atoms with van der Waals surface area (Å²) in [5.41, 5.74) is 10.4. The van der Waals surface area contributed by atoms with E-state index in [9.17, 15) is 9.59 Å². The van der Waals surface area contributed by atoms with Gasteiger partial charge in [-0.25, -0.2) is 0 Å². The molecule has 3 rings (SSSR count). The minimum absolute atomic E-state index is 0. The van der Waals surface area contributed by atoms with Gasteiger partial charge in [0.2, 0.25) is 5.91 Å². The summed E-state index contributed by atoms with van der Waals surface area (Å²) in [7, 11) is 1.70. The van der Waals surface area contributed by atoms with Gasteiger partial charge < -0.3 is 10.7 Å². The Kier molecular flexibility index (Phi) is 9.30. The Labute approximate surface area is 196 Å². The first kappa shape index (κ1) is 25.7. The largest absolute Gasteiger partial charge is 0.368 e. The van der Waals surface area contributed by atoms with Gasteiger partial charge in [0.1, 0.15) is 0 Å². The third-order valence-corrected chi connectivity index (χ3v) is 5.67. The van der Waals surface area contributed by atoms with Crippen LogP contribution in [0.2, 0.25) is 0 Å². The van der Waals surface area contributed by atoms with Crippen molar-refractivity contribution in [3.05, 3.63) is 78.1 Å². The summed E-state index contributed by atoms with van der Waals surface area (Å²) in [5, 5.41) is 1.00. The lowest BCUT2D eigenvalue weighted by Gasteiger charge is -2.21. The number of nitrogens with zero attached hydrogens (tertiary/aromatic N) is 2. The number of likely N-dealkylation sites (tertiary alicyclic amines) is 1. The minimum Gasteiger partial charge on any atom is -0.368 e. The van der Waals surface area contributed by atoms with Crippen LogP contribution in [-0.2, 0) is 16.1 Å². The zero-order chi connectivity index (χ0) is 23.1. The number of aldehydes is 1. The molecule has 2 aromatic rings. The van der Waals surface area contributed by atoms with Gasteiger partial charge in [-0.1, -0.05) is 44.4 Å². The number of fused-ring (bicyclic) bond motifs is 1. The van der Waals surface area contributed by atoms with E-state index in [2.05, 4.69) is 27.5 Å². The molecule has 1 amide bonds. The van der Waals surface area contributed by atoms with E-state index in [1.54, 1.807) is 19.2 Å². The number of nitrogens with two attached hydrogens (primary N) is 1. The molecule has 1 unspecified atom stereocenters. The number of benzene rings is 1. The Bertz CT molecular complexity index is 1130. The lowest BCUT2D eigenvalue weighted by molar-refractivity contribution is -0.122. The molecule has 0 aliphatic carbocycles. The van der Waals surface area contributed by atoms with Crippen molar-refractivity contribution in [3.63, 3.8) is 0 Å². The van der Waals surface area contributed by atoms with E-state index in [-0.39, 0.29) is 19.4 Å². The van der Waals surface area contributed by atoms with Crippen molar-refractivity contribution in [2.24, 2.45) is 10.7 Å². The number of allylic oxidation sites excluding steroid dienone is 7. The number of hydrogen-bond acceptors (Lipinski definition) is 4. The molecule has 1 fully saturated rings. The molecule has 33 heavy (non-hydrogen) atoms. The number of primary amides is 1. The Morgan fingerprint density at radius 1 is 1.36 bits per heavy atom. The number of amides is 1. The maximum atomic E-state index is 11.9. The second-order valence-electron chi connectivity index (χ2n) is 7.82. The molecular formula is C27H34N4O2. The molecule has 1 atom stereocenters. The fourth-order valence-corrected chi connectivity index (χ4v) is 4.14. The van der Waals surface area contributed by atoms with Crippen LogP contribution < -0.4 is 5.73 Å². The standard InChI is InChI=1S/C26H30N4O2.CH4/c1-4-7-19(8-5-2)23(28-3)15-21(17-31)24-14-20-13-18(10-11-22(20)29-24)16-30-12-6-9-25(30)26(27)32;/h4-5,7-8,10-11,13-15,17,25,29H,1,6,9,12,16H2,2-3H3,(H2,27,32);1H4/b8-5-,19-7+,21-15+,28-23?;. The van der Waals surface area contributed by atoms with Crippen LogP contribution in [0.15, 0.2) is 71.8 Å². The lowest BCUT2D eigenvalue weighted by Crippen LogP contribution is -2.39. The van der Waals surface area contributed by atoms with Crippen LogP contribution in [0.5, 0.6) is 0 Å². The summed E-state index contributed by atoms with van der Waals surface area (Å²) >= 11 is 0. The van der Waals surface area contributed by atoms with Crippen LogP contribution in [0.4, 0.5) is 0 Å². The SMILES string of the molecule is C.C=C/C=C(\C=C/C)C(/C=C(\C=O)c1cc2cc(CN3CCCC3C(N)=O)ccc2[nH]1)=NC. The summed E-state index contributed by atoms with van der Waals surface area (Å²) < 4.78 is 0. The molecule has 1 aliphatic rings. The Morgan fingerprint density at radius 2 is 2.15 bits per heavy atom. The smallest absolute Gasteiger partial charge is 0.234 e. The highest BCUT2D eigenvalue weighted by molar-refractivity contribution is 6.21. The van der Waals surface area contributed by atoms with Crippen LogP contribution >= 0.6 is 0 Å². The first-order chi connectivity index (χ1) is 15.5. The van der Waals surface area contributed by atoms with Gasteiger partial charge in [-0.3, -0.25) is 19.5 Å². The zero-order valence-corrected chi connectivity index (χ0v) is 18.7. The number of carbonyl (C=O) groups excluding carboxylic acids is 2. The average molecular weight is 447 g/mol. The highest BCUT2D eigenvalue weighted by Gasteiger charge is 2.28. The molecule has 6 heteroatoms. The van der Waals surface area contributed by atoms with Gasteiger partial charge in [0.05, 0.1) is 11.8 Å². The predicted octanol–water partition coefficient (Wildman–Crippen LogP) is 4.60. The third-order valence-electron chi connectivity index (χ3n) is 5.67. The predicted molar refractivity (Wildman–Crippen MR) is 138 cm³/mol. The monoisotopic (exact) mass is 446 g/mol. The van der Waals surface area contributed by atoms with E-state index in [0.29, 0.717) is 17.8 Å². The molecule has 6 nitrogen and oxygen atoms in total. The van der Waals surface area contributed by atoms with Gasteiger partial charge in [0.15, 0.2) is 6.29 Å². The van der Waals surface area contributed by atoms with Crippen molar-refractivity contribution in [2.75, 3.05) is 13.6 Å². The third kappa shape index (κ3) is 6.05.